The lowest BCUT2D eigenvalue weighted by atomic mass is 9.63. The fraction of sp³-hybridized carbons (Fsp3) is 0.458. The van der Waals surface area contributed by atoms with Gasteiger partial charge in [-0.2, -0.15) is 0 Å². The van der Waals surface area contributed by atoms with Gasteiger partial charge in [0.1, 0.15) is 0 Å². The molecule has 2 aromatic carbocycles. The fourth-order valence-electron chi connectivity index (χ4n) is 4.31. The molecule has 1 aliphatic rings. The van der Waals surface area contributed by atoms with Crippen LogP contribution in [0.5, 0.6) is 0 Å². The van der Waals surface area contributed by atoms with Crippen LogP contribution in [0.4, 0.5) is 0 Å². The quantitative estimate of drug-likeness (QED) is 0.693. The van der Waals surface area contributed by atoms with Crippen LogP contribution in [0.2, 0.25) is 0 Å². The number of nitrogens with zero attached hydrogens (tertiary/aromatic N) is 2. The number of carboxylic acid groups (broad SMARTS) is 1. The second-order valence-corrected chi connectivity index (χ2v) is 8.66. The number of likely N-dealkylation sites (tertiary alicyclic amines) is 1. The third-order valence-electron chi connectivity index (χ3n) is 5.88. The van der Waals surface area contributed by atoms with Crippen LogP contribution >= 0.6 is 24.8 Å². The third kappa shape index (κ3) is 7.19. The number of aromatic carboxylic acids is 1. The van der Waals surface area contributed by atoms with Gasteiger partial charge in [0.2, 0.25) is 0 Å². The molecule has 1 saturated heterocycles. The maximum absolute atomic E-state index is 11.5. The highest BCUT2D eigenvalue weighted by Crippen LogP contribution is 2.48. The summed E-state index contributed by atoms with van der Waals surface area (Å²) in [7, 11) is 6.31. The van der Waals surface area contributed by atoms with Crippen molar-refractivity contribution in [3.8, 4) is 0 Å². The minimum absolute atomic E-state index is 0. The van der Waals surface area contributed by atoms with Crippen molar-refractivity contribution in [3.05, 3.63) is 71.8 Å². The second-order valence-electron chi connectivity index (χ2n) is 8.66. The van der Waals surface area contributed by atoms with Crippen LogP contribution in [-0.2, 0) is 5.60 Å². The van der Waals surface area contributed by atoms with E-state index in [1.807, 2.05) is 18.2 Å². The number of benzene rings is 2. The maximum Gasteiger partial charge on any atom is 0.335 e. The first-order chi connectivity index (χ1) is 13.6. The smallest absolute Gasteiger partial charge is 0.335 e. The molecule has 0 radical (unpaired) electrons. The summed E-state index contributed by atoms with van der Waals surface area (Å²) in [4.78, 5) is 14.7. The van der Waals surface area contributed by atoms with E-state index >= 15 is 0 Å². The molecule has 1 heterocycles. The fourth-order valence-corrected chi connectivity index (χ4v) is 4.31. The Bertz CT molecular complexity index is 792. The molecule has 31 heavy (non-hydrogen) atoms. The van der Waals surface area contributed by atoms with Crippen LogP contribution in [0.3, 0.4) is 0 Å². The SMILES string of the molecule is CC1CC(O)(c2ccccc2)C(C)(CN(C)C)CN1C.Cl.Cl.O=C(O)c1ccccc1. The average Bonchev–Trinajstić information content (AvgIpc) is 2.68. The molecule has 5 nitrogen and oxygen atoms in total. The largest absolute Gasteiger partial charge is 0.478 e. The lowest BCUT2D eigenvalue weighted by Crippen LogP contribution is -2.61. The molecule has 3 atom stereocenters. The summed E-state index contributed by atoms with van der Waals surface area (Å²) >= 11 is 0. The number of carboxylic acids is 1. The van der Waals surface area contributed by atoms with Gasteiger partial charge < -0.3 is 20.0 Å². The summed E-state index contributed by atoms with van der Waals surface area (Å²) in [5.74, 6) is -0.879. The van der Waals surface area contributed by atoms with Gasteiger partial charge in [-0.05, 0) is 52.2 Å². The molecule has 0 aromatic heterocycles. The predicted octanol–water partition coefficient (Wildman–Crippen LogP) is 4.39. The zero-order valence-electron chi connectivity index (χ0n) is 19.0. The monoisotopic (exact) mass is 470 g/mol. The summed E-state index contributed by atoms with van der Waals surface area (Å²) < 4.78 is 0. The highest BCUT2D eigenvalue weighted by atomic mass is 35.5. The van der Waals surface area contributed by atoms with E-state index in [0.717, 1.165) is 25.1 Å². The number of carbonyl (C=O) groups is 1. The number of piperidine rings is 1. The molecule has 0 aliphatic carbocycles. The molecular formula is C24H36Cl2N2O3. The average molecular weight is 471 g/mol. The Labute approximate surface area is 198 Å². The van der Waals surface area contributed by atoms with E-state index in [-0.39, 0.29) is 30.2 Å². The normalized spacial score (nSPS) is 25.5. The van der Waals surface area contributed by atoms with Gasteiger partial charge in [-0.25, -0.2) is 4.79 Å². The minimum atomic E-state index is -0.879. The zero-order valence-corrected chi connectivity index (χ0v) is 20.6. The molecule has 3 rings (SSSR count). The van der Waals surface area contributed by atoms with E-state index in [9.17, 15) is 9.90 Å². The number of halogens is 2. The predicted molar refractivity (Wildman–Crippen MR) is 132 cm³/mol. The van der Waals surface area contributed by atoms with Crippen LogP contribution < -0.4 is 0 Å². The summed E-state index contributed by atoms with van der Waals surface area (Å²) in [6.45, 7) is 6.18. The molecule has 3 unspecified atom stereocenters. The van der Waals surface area contributed by atoms with Crippen molar-refractivity contribution in [2.75, 3.05) is 34.2 Å². The van der Waals surface area contributed by atoms with E-state index in [0.29, 0.717) is 11.6 Å². The Morgan fingerprint density at radius 1 is 1.06 bits per heavy atom. The van der Waals surface area contributed by atoms with Crippen LogP contribution in [0.25, 0.3) is 0 Å². The summed E-state index contributed by atoms with van der Waals surface area (Å²) in [5, 5.41) is 19.9. The number of aliphatic hydroxyl groups is 1. The Hall–Kier alpha value is -1.63. The maximum atomic E-state index is 11.5. The van der Waals surface area contributed by atoms with Crippen molar-refractivity contribution < 1.29 is 15.0 Å². The van der Waals surface area contributed by atoms with Crippen molar-refractivity contribution in [3.63, 3.8) is 0 Å². The third-order valence-corrected chi connectivity index (χ3v) is 5.88. The first-order valence-corrected chi connectivity index (χ1v) is 10.0. The van der Waals surface area contributed by atoms with E-state index in [2.05, 4.69) is 56.9 Å². The topological polar surface area (TPSA) is 64.0 Å². The van der Waals surface area contributed by atoms with Crippen LogP contribution in [0.1, 0.15) is 36.2 Å². The van der Waals surface area contributed by atoms with Crippen LogP contribution in [0, 0.1) is 5.41 Å². The van der Waals surface area contributed by atoms with Gasteiger partial charge in [-0.15, -0.1) is 24.8 Å². The van der Waals surface area contributed by atoms with Crippen LogP contribution in [-0.4, -0.2) is 66.3 Å². The summed E-state index contributed by atoms with van der Waals surface area (Å²) in [6.07, 6.45) is 0.776. The highest BCUT2D eigenvalue weighted by Gasteiger charge is 2.53. The molecule has 0 saturated carbocycles. The van der Waals surface area contributed by atoms with E-state index in [1.54, 1.807) is 30.3 Å². The van der Waals surface area contributed by atoms with Gasteiger partial charge in [0.25, 0.3) is 0 Å². The number of hydrogen-bond donors (Lipinski definition) is 2. The van der Waals surface area contributed by atoms with Crippen molar-refractivity contribution in [1.29, 1.82) is 0 Å². The standard InChI is InChI=1S/C17H28N2O.C7H6O2.2ClH/c1-14-11-17(20,15-9-7-6-8-10-15)16(2,12-18(3)4)13-19(14)5;8-7(9)6-4-2-1-3-5-6;;/h6-10,14,20H,11-13H2,1-5H3;1-5H,(H,8,9);2*1H. The van der Waals surface area contributed by atoms with Crippen molar-refractivity contribution in [2.45, 2.75) is 31.9 Å². The van der Waals surface area contributed by atoms with Crippen molar-refractivity contribution >= 4 is 30.8 Å². The van der Waals surface area contributed by atoms with Gasteiger partial charge in [-0.1, -0.05) is 55.5 Å². The van der Waals surface area contributed by atoms with Gasteiger partial charge in [0.15, 0.2) is 0 Å². The van der Waals surface area contributed by atoms with Gasteiger partial charge in [-0.3, -0.25) is 0 Å². The molecule has 2 aromatic rings. The van der Waals surface area contributed by atoms with Gasteiger partial charge in [0, 0.05) is 24.5 Å². The first-order valence-electron chi connectivity index (χ1n) is 10.0. The molecule has 0 amide bonds. The van der Waals surface area contributed by atoms with E-state index in [1.165, 1.54) is 0 Å². The van der Waals surface area contributed by atoms with E-state index < -0.39 is 11.6 Å². The molecule has 1 aliphatic heterocycles. The lowest BCUT2D eigenvalue weighted by Gasteiger charge is -2.55. The number of rotatable bonds is 4. The molecule has 1 fully saturated rings. The Morgan fingerprint density at radius 2 is 1.55 bits per heavy atom. The summed E-state index contributed by atoms with van der Waals surface area (Å²) in [5.41, 5.74) is 0.422. The molecule has 174 valence electrons. The Morgan fingerprint density at radius 3 is 1.97 bits per heavy atom. The molecule has 7 heteroatoms. The highest BCUT2D eigenvalue weighted by molar-refractivity contribution is 5.87. The number of hydrogen-bond acceptors (Lipinski definition) is 4. The van der Waals surface area contributed by atoms with Gasteiger partial charge in [0.05, 0.1) is 11.2 Å². The minimum Gasteiger partial charge on any atom is -0.478 e. The van der Waals surface area contributed by atoms with Gasteiger partial charge >= 0.3 is 5.97 Å². The van der Waals surface area contributed by atoms with Crippen molar-refractivity contribution in [2.24, 2.45) is 5.41 Å². The molecular weight excluding hydrogens is 435 g/mol. The van der Waals surface area contributed by atoms with Crippen molar-refractivity contribution in [1.82, 2.24) is 9.80 Å². The first kappa shape index (κ1) is 29.4. The molecule has 0 spiro atoms. The Balaban J connectivity index is 0.000000695. The zero-order chi connectivity index (χ0) is 21.7. The van der Waals surface area contributed by atoms with Crippen LogP contribution in [0.15, 0.2) is 60.7 Å². The molecule has 0 bridgehead atoms. The second kappa shape index (κ2) is 12.4. The summed E-state index contributed by atoms with van der Waals surface area (Å²) in [6, 6.07) is 18.9. The Kier molecular flexibility index (Phi) is 11.8. The lowest BCUT2D eigenvalue weighted by molar-refractivity contribution is -0.151. The van der Waals surface area contributed by atoms with E-state index in [4.69, 9.17) is 5.11 Å². The molecule has 2 N–H and O–H groups in total.